The maximum atomic E-state index is 13.7. The van der Waals surface area contributed by atoms with Crippen LogP contribution in [0.2, 0.25) is 0 Å². The lowest BCUT2D eigenvalue weighted by atomic mass is 9.94. The van der Waals surface area contributed by atoms with Gasteiger partial charge in [-0.25, -0.2) is 9.18 Å². The Morgan fingerprint density at radius 3 is 3.05 bits per heavy atom. The van der Waals surface area contributed by atoms with Crippen molar-refractivity contribution in [1.29, 1.82) is 0 Å². The van der Waals surface area contributed by atoms with E-state index < -0.39 is 18.3 Å². The van der Waals surface area contributed by atoms with Crippen molar-refractivity contribution < 1.29 is 19.0 Å². The number of esters is 1. The van der Waals surface area contributed by atoms with Gasteiger partial charge in [0.1, 0.15) is 12.8 Å². The number of rotatable bonds is 3. The van der Waals surface area contributed by atoms with E-state index in [9.17, 15) is 14.3 Å². The van der Waals surface area contributed by atoms with Crippen molar-refractivity contribution in [2.75, 3.05) is 19.6 Å². The summed E-state index contributed by atoms with van der Waals surface area (Å²) < 4.78 is 18.7. The molecule has 3 unspecified atom stereocenters. The Balaban J connectivity index is 1.73. The van der Waals surface area contributed by atoms with Crippen molar-refractivity contribution in [2.24, 2.45) is 5.73 Å². The SMILES string of the molecule is Cc1c(C(O)CN2CCC(N)C(F)C2)ccc2c1COC2=O. The smallest absolute Gasteiger partial charge is 0.338 e. The number of nitrogens with zero attached hydrogens (tertiary/aromatic N) is 1. The number of aliphatic hydroxyl groups is 1. The highest BCUT2D eigenvalue weighted by Crippen LogP contribution is 2.29. The van der Waals surface area contributed by atoms with E-state index in [0.29, 0.717) is 25.1 Å². The van der Waals surface area contributed by atoms with Crippen LogP contribution < -0.4 is 5.73 Å². The van der Waals surface area contributed by atoms with E-state index >= 15 is 0 Å². The van der Waals surface area contributed by atoms with Gasteiger partial charge in [-0.15, -0.1) is 0 Å². The third-order valence-corrected chi connectivity index (χ3v) is 4.67. The van der Waals surface area contributed by atoms with Gasteiger partial charge in [-0.05, 0) is 37.1 Å². The number of carbonyl (C=O) groups excluding carboxylic acids is 1. The summed E-state index contributed by atoms with van der Waals surface area (Å²) in [5.41, 5.74) is 8.72. The topological polar surface area (TPSA) is 75.8 Å². The molecule has 0 aromatic heterocycles. The lowest BCUT2D eigenvalue weighted by Crippen LogP contribution is -2.49. The van der Waals surface area contributed by atoms with Gasteiger partial charge < -0.3 is 15.6 Å². The molecular weight excluding hydrogens is 287 g/mol. The number of benzene rings is 1. The van der Waals surface area contributed by atoms with E-state index in [1.54, 1.807) is 12.1 Å². The molecule has 0 amide bonds. The lowest BCUT2D eigenvalue weighted by Gasteiger charge is -2.34. The Morgan fingerprint density at radius 2 is 2.32 bits per heavy atom. The summed E-state index contributed by atoms with van der Waals surface area (Å²) in [4.78, 5) is 13.4. The number of hydrogen-bond acceptors (Lipinski definition) is 5. The van der Waals surface area contributed by atoms with Crippen molar-refractivity contribution in [3.05, 3.63) is 34.4 Å². The minimum Gasteiger partial charge on any atom is -0.457 e. The summed E-state index contributed by atoms with van der Waals surface area (Å²) >= 11 is 0. The van der Waals surface area contributed by atoms with Gasteiger partial charge in [-0.2, -0.15) is 0 Å². The summed E-state index contributed by atoms with van der Waals surface area (Å²) in [7, 11) is 0. The number of likely N-dealkylation sites (tertiary alicyclic amines) is 1. The highest BCUT2D eigenvalue weighted by atomic mass is 19.1. The van der Waals surface area contributed by atoms with Gasteiger partial charge >= 0.3 is 5.97 Å². The number of cyclic esters (lactones) is 1. The summed E-state index contributed by atoms with van der Waals surface area (Å²) in [6.45, 7) is 3.44. The van der Waals surface area contributed by atoms with Gasteiger partial charge in [-0.3, -0.25) is 4.90 Å². The monoisotopic (exact) mass is 308 g/mol. The standard InChI is InChI=1S/C16H21FN2O3/c1-9-10(2-3-11-12(9)8-22-16(11)21)15(20)7-19-5-4-14(18)13(17)6-19/h2-3,13-15,20H,4-8,18H2,1H3. The van der Waals surface area contributed by atoms with Gasteiger partial charge in [0, 0.05) is 24.7 Å². The molecule has 1 aromatic rings. The maximum Gasteiger partial charge on any atom is 0.338 e. The first-order chi connectivity index (χ1) is 10.5. The van der Waals surface area contributed by atoms with Crippen LogP contribution in [0.15, 0.2) is 12.1 Å². The number of hydrogen-bond donors (Lipinski definition) is 2. The minimum atomic E-state index is -1.05. The Hall–Kier alpha value is -1.50. The first-order valence-corrected chi connectivity index (χ1v) is 7.57. The number of carbonyl (C=O) groups is 1. The van der Waals surface area contributed by atoms with E-state index in [4.69, 9.17) is 10.5 Å². The summed E-state index contributed by atoms with van der Waals surface area (Å²) in [6, 6.07) is 3.05. The molecule has 0 spiro atoms. The molecular formula is C16H21FN2O3. The third-order valence-electron chi connectivity index (χ3n) is 4.67. The molecule has 3 atom stereocenters. The molecule has 2 aliphatic rings. The molecule has 2 heterocycles. The Bertz CT molecular complexity index is 593. The van der Waals surface area contributed by atoms with Gasteiger partial charge in [0.05, 0.1) is 11.7 Å². The summed E-state index contributed by atoms with van der Waals surface area (Å²) in [5, 5.41) is 10.5. The van der Waals surface area contributed by atoms with E-state index in [1.807, 2.05) is 11.8 Å². The van der Waals surface area contributed by atoms with E-state index in [1.165, 1.54) is 0 Å². The highest BCUT2D eigenvalue weighted by molar-refractivity contribution is 5.93. The predicted octanol–water partition coefficient (Wildman–Crippen LogP) is 1.07. The Morgan fingerprint density at radius 1 is 1.55 bits per heavy atom. The van der Waals surface area contributed by atoms with Gasteiger partial charge in [0.2, 0.25) is 0 Å². The quantitative estimate of drug-likeness (QED) is 0.817. The molecule has 2 aliphatic heterocycles. The first kappa shape index (κ1) is 15.4. The van der Waals surface area contributed by atoms with Gasteiger partial charge in [0.15, 0.2) is 0 Å². The number of ether oxygens (including phenoxy) is 1. The van der Waals surface area contributed by atoms with Crippen molar-refractivity contribution in [3.8, 4) is 0 Å². The number of β-amino-alcohol motifs (C(OH)–C–C–N with tert-alkyl or cyclic N) is 1. The maximum absolute atomic E-state index is 13.7. The van der Waals surface area contributed by atoms with Crippen molar-refractivity contribution in [1.82, 2.24) is 4.90 Å². The van der Waals surface area contributed by atoms with Crippen molar-refractivity contribution in [3.63, 3.8) is 0 Å². The van der Waals surface area contributed by atoms with Crippen LogP contribution in [0, 0.1) is 6.92 Å². The molecule has 1 aromatic carbocycles. The molecule has 0 radical (unpaired) electrons. The molecule has 0 bridgehead atoms. The fourth-order valence-electron chi connectivity index (χ4n) is 3.22. The minimum absolute atomic E-state index is 0.254. The van der Waals surface area contributed by atoms with E-state index in [2.05, 4.69) is 0 Å². The molecule has 1 fully saturated rings. The molecule has 22 heavy (non-hydrogen) atoms. The number of piperidine rings is 1. The van der Waals surface area contributed by atoms with Gasteiger partial charge in [-0.1, -0.05) is 6.07 Å². The second-order valence-electron chi connectivity index (χ2n) is 6.13. The average molecular weight is 308 g/mol. The van der Waals surface area contributed by atoms with Crippen LogP contribution >= 0.6 is 0 Å². The largest absolute Gasteiger partial charge is 0.457 e. The Kier molecular flexibility index (Phi) is 4.16. The molecule has 5 nitrogen and oxygen atoms in total. The van der Waals surface area contributed by atoms with Crippen LogP contribution in [0.4, 0.5) is 4.39 Å². The van der Waals surface area contributed by atoms with Crippen LogP contribution in [0.1, 0.15) is 39.6 Å². The number of nitrogens with two attached hydrogens (primary N) is 1. The fraction of sp³-hybridized carbons (Fsp3) is 0.562. The highest BCUT2D eigenvalue weighted by Gasteiger charge is 2.29. The molecule has 3 rings (SSSR count). The average Bonchev–Trinajstić information content (AvgIpc) is 2.86. The number of alkyl halides is 1. The van der Waals surface area contributed by atoms with Crippen LogP contribution in [0.25, 0.3) is 0 Å². The summed E-state index contributed by atoms with van der Waals surface area (Å²) in [6.07, 6.45) is -1.17. The Labute approximate surface area is 128 Å². The predicted molar refractivity (Wildman–Crippen MR) is 79.2 cm³/mol. The molecule has 0 aliphatic carbocycles. The van der Waals surface area contributed by atoms with Crippen LogP contribution in [-0.2, 0) is 11.3 Å². The van der Waals surface area contributed by atoms with E-state index in [0.717, 1.165) is 16.7 Å². The molecule has 1 saturated heterocycles. The molecule has 120 valence electrons. The zero-order valence-electron chi connectivity index (χ0n) is 12.6. The van der Waals surface area contributed by atoms with Gasteiger partial charge in [0.25, 0.3) is 0 Å². The zero-order valence-corrected chi connectivity index (χ0v) is 12.6. The number of aliphatic hydroxyl groups excluding tert-OH is 1. The van der Waals surface area contributed by atoms with E-state index in [-0.39, 0.29) is 19.1 Å². The number of fused-ring (bicyclic) bond motifs is 1. The fourth-order valence-corrected chi connectivity index (χ4v) is 3.22. The normalized spacial score (nSPS) is 26.6. The first-order valence-electron chi connectivity index (χ1n) is 7.57. The van der Waals surface area contributed by atoms with Crippen LogP contribution in [0.5, 0.6) is 0 Å². The second-order valence-corrected chi connectivity index (χ2v) is 6.13. The number of halogens is 1. The third kappa shape index (κ3) is 2.74. The lowest BCUT2D eigenvalue weighted by molar-refractivity contribution is 0.0535. The van der Waals surface area contributed by atoms with Crippen LogP contribution in [-0.4, -0.2) is 47.8 Å². The summed E-state index contributed by atoms with van der Waals surface area (Å²) in [5.74, 6) is -0.315. The van der Waals surface area contributed by atoms with Crippen molar-refractivity contribution in [2.45, 2.75) is 38.3 Å². The molecule has 3 N–H and O–H groups in total. The van der Waals surface area contributed by atoms with Crippen LogP contribution in [0.3, 0.4) is 0 Å². The zero-order chi connectivity index (χ0) is 15.9. The second kappa shape index (κ2) is 5.95. The molecule has 0 saturated carbocycles. The van der Waals surface area contributed by atoms with Crippen molar-refractivity contribution >= 4 is 5.97 Å². The molecule has 6 heteroatoms.